The molecule has 1 saturated heterocycles. The van der Waals surface area contributed by atoms with Crippen LogP contribution in [0.2, 0.25) is 0 Å². The summed E-state index contributed by atoms with van der Waals surface area (Å²) in [5.74, 6) is 0.899. The van der Waals surface area contributed by atoms with Crippen molar-refractivity contribution in [3.63, 3.8) is 0 Å². The molecular weight excluding hydrogens is 328 g/mol. The number of aryl methyl sites for hydroxylation is 1. The van der Waals surface area contributed by atoms with E-state index in [4.69, 9.17) is 4.74 Å². The lowest BCUT2D eigenvalue weighted by molar-refractivity contribution is -0.116. The third-order valence-corrected chi connectivity index (χ3v) is 4.62. The number of para-hydroxylation sites is 2. The molecule has 0 saturated carbocycles. The van der Waals surface area contributed by atoms with Gasteiger partial charge in [-0.15, -0.1) is 0 Å². The van der Waals surface area contributed by atoms with Crippen LogP contribution in [0.3, 0.4) is 0 Å². The lowest BCUT2D eigenvalue weighted by Crippen LogP contribution is -2.36. The van der Waals surface area contributed by atoms with Gasteiger partial charge >= 0.3 is 0 Å². The number of nitrogens with one attached hydrogen (secondary N) is 1. The van der Waals surface area contributed by atoms with Crippen LogP contribution in [0.1, 0.15) is 12.2 Å². The van der Waals surface area contributed by atoms with Crippen LogP contribution in [0.5, 0.6) is 0 Å². The molecule has 0 unspecified atom stereocenters. The molecule has 1 N–H and O–H groups in total. The Morgan fingerprint density at radius 3 is 2.81 bits per heavy atom. The lowest BCUT2D eigenvalue weighted by atomic mass is 10.2. The highest BCUT2D eigenvalue weighted by Crippen LogP contribution is 2.26. The molecule has 1 amide bonds. The first-order valence-electron chi connectivity index (χ1n) is 8.94. The molecular formula is C20H22N4O2. The van der Waals surface area contributed by atoms with Gasteiger partial charge in [-0.1, -0.05) is 18.2 Å². The summed E-state index contributed by atoms with van der Waals surface area (Å²) >= 11 is 0. The van der Waals surface area contributed by atoms with Crippen molar-refractivity contribution in [2.45, 2.75) is 12.8 Å². The van der Waals surface area contributed by atoms with Gasteiger partial charge in [0.05, 0.1) is 36.3 Å². The van der Waals surface area contributed by atoms with Crippen molar-refractivity contribution in [1.29, 1.82) is 0 Å². The average molecular weight is 350 g/mol. The highest BCUT2D eigenvalue weighted by molar-refractivity contribution is 5.94. The molecule has 1 fully saturated rings. The number of rotatable bonds is 5. The molecule has 3 heterocycles. The first-order chi connectivity index (χ1) is 12.8. The molecule has 2 aromatic heterocycles. The van der Waals surface area contributed by atoms with E-state index in [9.17, 15) is 4.79 Å². The quantitative estimate of drug-likeness (QED) is 0.769. The summed E-state index contributed by atoms with van der Waals surface area (Å²) in [6, 6.07) is 13.9. The minimum atomic E-state index is -0.00149. The van der Waals surface area contributed by atoms with Crippen LogP contribution in [-0.2, 0) is 16.0 Å². The minimum Gasteiger partial charge on any atom is -0.378 e. The van der Waals surface area contributed by atoms with E-state index in [1.165, 1.54) is 0 Å². The van der Waals surface area contributed by atoms with Gasteiger partial charge in [-0.05, 0) is 24.3 Å². The molecule has 6 heteroatoms. The molecule has 0 radical (unpaired) electrons. The number of morpholine rings is 1. The van der Waals surface area contributed by atoms with Crippen molar-refractivity contribution in [1.82, 2.24) is 9.38 Å². The van der Waals surface area contributed by atoms with Gasteiger partial charge < -0.3 is 19.4 Å². The third-order valence-electron chi connectivity index (χ3n) is 4.62. The molecule has 0 spiro atoms. The van der Waals surface area contributed by atoms with Crippen LogP contribution >= 0.6 is 0 Å². The van der Waals surface area contributed by atoms with E-state index in [1.807, 2.05) is 59.3 Å². The largest absolute Gasteiger partial charge is 0.378 e. The Kier molecular flexibility index (Phi) is 4.84. The molecule has 1 aromatic carbocycles. The van der Waals surface area contributed by atoms with Crippen LogP contribution in [0.15, 0.2) is 54.9 Å². The van der Waals surface area contributed by atoms with Crippen LogP contribution < -0.4 is 10.2 Å². The maximum Gasteiger partial charge on any atom is 0.224 e. The standard InChI is InChI=1S/C20H22N4O2/c25-20(9-8-19-21-15-16-5-3-4-10-24(16)19)22-17-6-1-2-7-18(17)23-11-13-26-14-12-23/h1-7,10,15H,8-9,11-14H2,(H,22,25). The van der Waals surface area contributed by atoms with E-state index >= 15 is 0 Å². The summed E-state index contributed by atoms with van der Waals surface area (Å²) in [7, 11) is 0. The summed E-state index contributed by atoms with van der Waals surface area (Å²) in [4.78, 5) is 19.2. The number of imidazole rings is 1. The molecule has 0 bridgehead atoms. The number of aromatic nitrogens is 2. The Morgan fingerprint density at radius 2 is 1.92 bits per heavy atom. The molecule has 134 valence electrons. The third kappa shape index (κ3) is 3.55. The topological polar surface area (TPSA) is 58.9 Å². The maximum absolute atomic E-state index is 12.5. The van der Waals surface area contributed by atoms with Crippen molar-refractivity contribution >= 4 is 22.8 Å². The number of hydrogen-bond acceptors (Lipinski definition) is 4. The fraction of sp³-hybridized carbons (Fsp3) is 0.300. The SMILES string of the molecule is O=C(CCc1ncc2ccccn12)Nc1ccccc1N1CCOCC1. The first-order valence-corrected chi connectivity index (χ1v) is 8.94. The van der Waals surface area contributed by atoms with E-state index in [0.717, 1.165) is 49.0 Å². The number of ether oxygens (including phenoxy) is 1. The van der Waals surface area contributed by atoms with E-state index in [0.29, 0.717) is 12.8 Å². The molecule has 0 aliphatic carbocycles. The Morgan fingerprint density at radius 1 is 1.12 bits per heavy atom. The molecule has 26 heavy (non-hydrogen) atoms. The zero-order valence-corrected chi connectivity index (χ0v) is 14.6. The Bertz CT molecular complexity index is 899. The number of carbonyl (C=O) groups excluding carboxylic acids is 1. The zero-order chi connectivity index (χ0) is 17.8. The van der Waals surface area contributed by atoms with Gasteiger partial charge in [-0.25, -0.2) is 4.98 Å². The van der Waals surface area contributed by atoms with Crippen molar-refractivity contribution in [2.24, 2.45) is 0 Å². The van der Waals surface area contributed by atoms with Gasteiger partial charge in [0.2, 0.25) is 5.91 Å². The maximum atomic E-state index is 12.5. The number of pyridine rings is 1. The van der Waals surface area contributed by atoms with Gasteiger partial charge in [0, 0.05) is 32.1 Å². The summed E-state index contributed by atoms with van der Waals surface area (Å²) < 4.78 is 7.44. The van der Waals surface area contributed by atoms with Crippen molar-refractivity contribution < 1.29 is 9.53 Å². The normalized spacial score (nSPS) is 14.5. The second-order valence-electron chi connectivity index (χ2n) is 6.33. The van der Waals surface area contributed by atoms with E-state index in [1.54, 1.807) is 0 Å². The molecule has 6 nitrogen and oxygen atoms in total. The van der Waals surface area contributed by atoms with Gasteiger partial charge in [0.1, 0.15) is 5.82 Å². The zero-order valence-electron chi connectivity index (χ0n) is 14.6. The molecule has 0 atom stereocenters. The summed E-state index contributed by atoms with van der Waals surface area (Å²) in [5, 5.41) is 3.06. The molecule has 1 aliphatic rings. The van der Waals surface area contributed by atoms with Crippen LogP contribution in [-0.4, -0.2) is 41.6 Å². The van der Waals surface area contributed by atoms with Crippen molar-refractivity contribution in [2.75, 3.05) is 36.5 Å². The monoisotopic (exact) mass is 350 g/mol. The van der Waals surface area contributed by atoms with Crippen molar-refractivity contribution in [3.05, 3.63) is 60.7 Å². The summed E-state index contributed by atoms with van der Waals surface area (Å²) in [5.41, 5.74) is 2.95. The van der Waals surface area contributed by atoms with E-state index < -0.39 is 0 Å². The van der Waals surface area contributed by atoms with Crippen molar-refractivity contribution in [3.8, 4) is 0 Å². The van der Waals surface area contributed by atoms with Gasteiger partial charge in [0.15, 0.2) is 0 Å². The second kappa shape index (κ2) is 7.58. The molecule has 4 rings (SSSR count). The Labute approximate surface area is 152 Å². The number of nitrogens with zero attached hydrogens (tertiary/aromatic N) is 3. The van der Waals surface area contributed by atoms with Gasteiger partial charge in [-0.2, -0.15) is 0 Å². The van der Waals surface area contributed by atoms with E-state index in [2.05, 4.69) is 15.2 Å². The first kappa shape index (κ1) is 16.6. The number of carbonyl (C=O) groups is 1. The fourth-order valence-electron chi connectivity index (χ4n) is 3.28. The minimum absolute atomic E-state index is 0.00149. The molecule has 3 aromatic rings. The van der Waals surface area contributed by atoms with Crippen LogP contribution in [0, 0.1) is 0 Å². The van der Waals surface area contributed by atoms with Gasteiger partial charge in [0.25, 0.3) is 0 Å². The highest BCUT2D eigenvalue weighted by Gasteiger charge is 2.16. The number of amides is 1. The number of fused-ring (bicyclic) bond motifs is 1. The van der Waals surface area contributed by atoms with Crippen LogP contribution in [0.4, 0.5) is 11.4 Å². The number of benzene rings is 1. The van der Waals surface area contributed by atoms with Crippen LogP contribution in [0.25, 0.3) is 5.52 Å². The van der Waals surface area contributed by atoms with E-state index in [-0.39, 0.29) is 5.91 Å². The number of anilines is 2. The summed E-state index contributed by atoms with van der Waals surface area (Å²) in [6.45, 7) is 3.12. The average Bonchev–Trinajstić information content (AvgIpc) is 3.11. The Hall–Kier alpha value is -2.86. The number of hydrogen-bond donors (Lipinski definition) is 1. The summed E-state index contributed by atoms with van der Waals surface area (Å²) in [6.07, 6.45) is 4.81. The Balaban J connectivity index is 1.42. The second-order valence-corrected chi connectivity index (χ2v) is 6.33. The smallest absolute Gasteiger partial charge is 0.224 e. The predicted octanol–water partition coefficient (Wildman–Crippen LogP) is 2.74. The fourth-order valence-corrected chi connectivity index (χ4v) is 3.28. The lowest BCUT2D eigenvalue weighted by Gasteiger charge is -2.30. The highest BCUT2D eigenvalue weighted by atomic mass is 16.5. The predicted molar refractivity (Wildman–Crippen MR) is 102 cm³/mol. The van der Waals surface area contributed by atoms with Gasteiger partial charge in [-0.3, -0.25) is 4.79 Å². The molecule has 1 aliphatic heterocycles.